The summed E-state index contributed by atoms with van der Waals surface area (Å²) in [5, 5.41) is 54.6. The summed E-state index contributed by atoms with van der Waals surface area (Å²) >= 11 is 0. The zero-order valence-electron chi connectivity index (χ0n) is 59.1. The molecule has 1 rings (SSSR count). The molecule has 11 heteroatoms. The molecule has 1 heterocycles. The monoisotopic (exact) mass is 1270 g/mol. The zero-order valence-corrected chi connectivity index (χ0v) is 59.1. The molecule has 0 aliphatic carbocycles. The summed E-state index contributed by atoms with van der Waals surface area (Å²) in [5.74, 6) is -0.165. The van der Waals surface area contributed by atoms with Gasteiger partial charge >= 0.3 is 5.97 Å². The maximum atomic E-state index is 13.1. The van der Waals surface area contributed by atoms with Gasteiger partial charge in [0.1, 0.15) is 24.4 Å². The van der Waals surface area contributed by atoms with Gasteiger partial charge in [-0.2, -0.15) is 0 Å². The molecule has 0 saturated carbocycles. The van der Waals surface area contributed by atoms with Gasteiger partial charge in [0.15, 0.2) is 6.29 Å². The highest BCUT2D eigenvalue weighted by Crippen LogP contribution is 2.24. The topological polar surface area (TPSA) is 175 Å². The number of ether oxygens (including phenoxy) is 3. The molecule has 7 atom stereocenters. The van der Waals surface area contributed by atoms with Crippen molar-refractivity contribution in [2.45, 2.75) is 436 Å². The number of rotatable bonds is 70. The summed E-state index contributed by atoms with van der Waals surface area (Å²) < 4.78 is 16.8. The molecule has 0 aromatic heterocycles. The minimum atomic E-state index is -1.57. The van der Waals surface area contributed by atoms with Crippen LogP contribution in [-0.4, -0.2) is 100 Å². The first kappa shape index (κ1) is 85.9. The van der Waals surface area contributed by atoms with Crippen LogP contribution in [0, 0.1) is 0 Å². The molecule has 90 heavy (non-hydrogen) atoms. The Morgan fingerprint density at radius 3 is 1.12 bits per heavy atom. The number of aliphatic hydroxyl groups excluding tert-OH is 5. The van der Waals surface area contributed by atoms with Gasteiger partial charge in [-0.1, -0.05) is 352 Å². The van der Waals surface area contributed by atoms with Crippen LogP contribution in [0.1, 0.15) is 393 Å². The van der Waals surface area contributed by atoms with Crippen LogP contribution in [0.2, 0.25) is 0 Å². The van der Waals surface area contributed by atoms with Crippen LogP contribution in [-0.2, 0) is 23.8 Å². The van der Waals surface area contributed by atoms with Crippen molar-refractivity contribution in [3.8, 4) is 0 Å². The molecule has 11 nitrogen and oxygen atoms in total. The lowest BCUT2D eigenvalue weighted by atomic mass is 9.99. The van der Waals surface area contributed by atoms with E-state index in [0.717, 1.165) is 57.8 Å². The summed E-state index contributed by atoms with van der Waals surface area (Å²) in [6.07, 6.45) is 78.7. The van der Waals surface area contributed by atoms with Crippen molar-refractivity contribution in [1.29, 1.82) is 0 Å². The molecule has 1 amide bonds. The lowest BCUT2D eigenvalue weighted by Crippen LogP contribution is -2.60. The first-order valence-corrected chi connectivity index (χ1v) is 39.3. The standard InChI is InChI=1S/C79H149NO10/c1-3-5-7-9-11-13-15-17-39-42-45-49-53-57-61-65-72(82)71(70-89-79-78(87)77(86)76(85)73(69-81)90-79)80-74(83)66-62-58-54-50-46-43-40-37-35-33-31-29-27-25-23-21-19-18-20-22-24-26-28-30-32-34-36-38-41-44-48-52-56-60-64-68-88-75(84)67-63-59-55-51-47-16-14-12-10-8-6-4-2/h20,22,26,28,61,65,71-73,76-79,81-82,85-87H,3-19,21,23-25,27,29-60,62-64,66-70H2,1-2H3,(H,80,83)/b22-20-,28-26-,65-61+. The highest BCUT2D eigenvalue weighted by molar-refractivity contribution is 5.76. The van der Waals surface area contributed by atoms with Gasteiger partial charge in [-0.05, 0) is 64.2 Å². The van der Waals surface area contributed by atoms with Crippen LogP contribution in [0.5, 0.6) is 0 Å². The smallest absolute Gasteiger partial charge is 0.305 e. The maximum absolute atomic E-state index is 13.1. The van der Waals surface area contributed by atoms with Crippen LogP contribution in [0.15, 0.2) is 36.5 Å². The number of hydrogen-bond donors (Lipinski definition) is 6. The number of hydrogen-bond acceptors (Lipinski definition) is 10. The van der Waals surface area contributed by atoms with Gasteiger partial charge in [-0.3, -0.25) is 9.59 Å². The molecule has 0 radical (unpaired) electrons. The van der Waals surface area contributed by atoms with Crippen LogP contribution in [0.25, 0.3) is 0 Å². The van der Waals surface area contributed by atoms with Gasteiger partial charge in [0, 0.05) is 12.8 Å². The molecule has 530 valence electrons. The van der Waals surface area contributed by atoms with Gasteiger partial charge < -0.3 is 45.1 Å². The molecule has 0 spiro atoms. The third-order valence-corrected chi connectivity index (χ3v) is 18.7. The van der Waals surface area contributed by atoms with E-state index in [2.05, 4.69) is 43.5 Å². The first-order valence-electron chi connectivity index (χ1n) is 39.3. The zero-order chi connectivity index (χ0) is 65.1. The molecule has 1 saturated heterocycles. The van der Waals surface area contributed by atoms with Crippen LogP contribution in [0.4, 0.5) is 0 Å². The molecule has 1 fully saturated rings. The lowest BCUT2D eigenvalue weighted by Gasteiger charge is -2.40. The molecule has 1 aliphatic heterocycles. The van der Waals surface area contributed by atoms with Crippen molar-refractivity contribution in [3.63, 3.8) is 0 Å². The fourth-order valence-corrected chi connectivity index (χ4v) is 12.6. The molecule has 0 aromatic rings. The summed E-state index contributed by atoms with van der Waals surface area (Å²) in [6, 6.07) is -0.809. The van der Waals surface area contributed by atoms with E-state index in [9.17, 15) is 35.1 Å². The second-order valence-corrected chi connectivity index (χ2v) is 27.4. The minimum absolute atomic E-state index is 0.0114. The number of unbranched alkanes of at least 4 members (excludes halogenated alkanes) is 52. The Morgan fingerprint density at radius 1 is 0.411 bits per heavy atom. The fraction of sp³-hybridized carbons (Fsp3) is 0.899. The Hall–Kier alpha value is -2.12. The first-order chi connectivity index (χ1) is 44.2. The molecule has 6 N–H and O–H groups in total. The van der Waals surface area contributed by atoms with E-state index >= 15 is 0 Å². The predicted molar refractivity (Wildman–Crippen MR) is 380 cm³/mol. The van der Waals surface area contributed by atoms with E-state index in [0.29, 0.717) is 19.4 Å². The number of esters is 1. The van der Waals surface area contributed by atoms with Gasteiger partial charge in [-0.15, -0.1) is 0 Å². The average Bonchev–Trinajstić information content (AvgIpc) is 2.63. The number of allylic oxidation sites excluding steroid dienone is 5. The van der Waals surface area contributed by atoms with Crippen molar-refractivity contribution < 1.29 is 49.3 Å². The van der Waals surface area contributed by atoms with E-state index in [1.165, 1.54) is 308 Å². The van der Waals surface area contributed by atoms with E-state index in [-0.39, 0.29) is 18.5 Å². The third kappa shape index (κ3) is 56.2. The Morgan fingerprint density at radius 2 is 0.744 bits per heavy atom. The minimum Gasteiger partial charge on any atom is -0.466 e. The normalized spacial score (nSPS) is 17.8. The number of aliphatic hydroxyl groups is 5. The van der Waals surface area contributed by atoms with Crippen LogP contribution < -0.4 is 5.32 Å². The van der Waals surface area contributed by atoms with E-state index in [1.54, 1.807) is 6.08 Å². The van der Waals surface area contributed by atoms with Crippen molar-refractivity contribution >= 4 is 11.9 Å². The molecule has 0 bridgehead atoms. The largest absolute Gasteiger partial charge is 0.466 e. The lowest BCUT2D eigenvalue weighted by molar-refractivity contribution is -0.302. The van der Waals surface area contributed by atoms with Gasteiger partial charge in [0.25, 0.3) is 0 Å². The van der Waals surface area contributed by atoms with E-state index < -0.39 is 49.5 Å². The Balaban J connectivity index is 1.95. The Kier molecular flexibility index (Phi) is 65.2. The molecular formula is C79H149NO10. The summed E-state index contributed by atoms with van der Waals surface area (Å²) in [7, 11) is 0. The molecular weight excluding hydrogens is 1120 g/mol. The Labute approximate surface area is 555 Å². The van der Waals surface area contributed by atoms with Crippen molar-refractivity contribution in [1.82, 2.24) is 5.32 Å². The van der Waals surface area contributed by atoms with E-state index in [4.69, 9.17) is 14.2 Å². The second-order valence-electron chi connectivity index (χ2n) is 27.4. The fourth-order valence-electron chi connectivity index (χ4n) is 12.6. The third-order valence-electron chi connectivity index (χ3n) is 18.7. The Bertz CT molecular complexity index is 1590. The van der Waals surface area contributed by atoms with Crippen LogP contribution >= 0.6 is 0 Å². The number of carbonyl (C=O) groups is 2. The summed E-state index contributed by atoms with van der Waals surface area (Å²) in [6.45, 7) is 4.40. The average molecular weight is 1270 g/mol. The van der Waals surface area contributed by atoms with Crippen molar-refractivity contribution in [2.24, 2.45) is 0 Å². The maximum Gasteiger partial charge on any atom is 0.305 e. The molecule has 1 aliphatic rings. The van der Waals surface area contributed by atoms with Gasteiger partial charge in [-0.25, -0.2) is 0 Å². The van der Waals surface area contributed by atoms with Gasteiger partial charge in [0.2, 0.25) is 5.91 Å². The molecule has 7 unspecified atom stereocenters. The SMILES string of the molecule is CCCCCCCCCCCCCCC/C=C/C(O)C(COC1OC(CO)C(O)C(O)C1O)NC(=O)CCCCCCCCCCCCCCCCCCC/C=C\C/C=C\CCCCCCCCCCCCCOC(=O)CCCCCCCCCCCCCC. The number of amides is 1. The van der Waals surface area contributed by atoms with Crippen molar-refractivity contribution in [3.05, 3.63) is 36.5 Å². The summed E-state index contributed by atoms with van der Waals surface area (Å²) in [5.41, 5.74) is 0. The number of nitrogens with one attached hydrogen (secondary N) is 1. The van der Waals surface area contributed by atoms with Crippen molar-refractivity contribution in [2.75, 3.05) is 19.8 Å². The quantitative estimate of drug-likeness (QED) is 0.0195. The highest BCUT2D eigenvalue weighted by Gasteiger charge is 2.44. The second kappa shape index (κ2) is 68.3. The molecule has 0 aromatic carbocycles. The summed E-state index contributed by atoms with van der Waals surface area (Å²) in [4.78, 5) is 25.2. The van der Waals surface area contributed by atoms with Crippen LogP contribution in [0.3, 0.4) is 0 Å². The number of carbonyl (C=O) groups excluding carboxylic acids is 2. The predicted octanol–water partition coefficient (Wildman–Crippen LogP) is 20.9. The van der Waals surface area contributed by atoms with E-state index in [1.807, 2.05) is 6.08 Å². The van der Waals surface area contributed by atoms with Gasteiger partial charge in [0.05, 0.1) is 32.0 Å². The highest BCUT2D eigenvalue weighted by atomic mass is 16.7.